The first-order chi connectivity index (χ1) is 14.4. The molecule has 1 aliphatic heterocycles. The van der Waals surface area contributed by atoms with Crippen LogP contribution in [0.3, 0.4) is 0 Å². The normalized spacial score (nSPS) is 17.3. The van der Waals surface area contributed by atoms with Crippen LogP contribution in [-0.4, -0.2) is 32.1 Å². The second-order valence-corrected chi connectivity index (χ2v) is 8.49. The zero-order chi connectivity index (χ0) is 21.7. The van der Waals surface area contributed by atoms with Crippen LogP contribution in [0.4, 0.5) is 5.69 Å². The van der Waals surface area contributed by atoms with Gasteiger partial charge >= 0.3 is 5.97 Å². The first kappa shape index (κ1) is 22.2. The van der Waals surface area contributed by atoms with E-state index >= 15 is 0 Å². The lowest BCUT2D eigenvalue weighted by Crippen LogP contribution is -2.36. The monoisotopic (exact) mass is 428 g/mol. The van der Waals surface area contributed by atoms with Gasteiger partial charge < -0.3 is 15.0 Å². The summed E-state index contributed by atoms with van der Waals surface area (Å²) in [7, 11) is 1.35. The molecule has 2 atom stereocenters. The van der Waals surface area contributed by atoms with E-state index in [1.165, 1.54) is 20.0 Å². The first-order valence-electron chi connectivity index (χ1n) is 10.4. The Balaban J connectivity index is 1.69. The summed E-state index contributed by atoms with van der Waals surface area (Å²) < 4.78 is 4.70. The number of rotatable bonds is 6. The molecule has 30 heavy (non-hydrogen) atoms. The molecule has 6 heteroatoms. The van der Waals surface area contributed by atoms with Crippen molar-refractivity contribution in [2.75, 3.05) is 25.1 Å². The van der Waals surface area contributed by atoms with Gasteiger partial charge in [-0.1, -0.05) is 30.7 Å². The minimum Gasteiger partial charge on any atom is -0.465 e. The minimum atomic E-state index is -0.389. The van der Waals surface area contributed by atoms with Crippen molar-refractivity contribution in [1.29, 1.82) is 0 Å². The third-order valence-electron chi connectivity index (χ3n) is 5.57. The molecular weight excluding hydrogens is 400 g/mol. The van der Waals surface area contributed by atoms with Crippen molar-refractivity contribution in [3.8, 4) is 0 Å². The van der Waals surface area contributed by atoms with Gasteiger partial charge in [0.25, 0.3) is 0 Å². The second-order valence-electron chi connectivity index (χ2n) is 8.05. The van der Waals surface area contributed by atoms with E-state index in [1.54, 1.807) is 24.3 Å². The van der Waals surface area contributed by atoms with Crippen molar-refractivity contribution in [2.24, 2.45) is 5.92 Å². The highest BCUT2D eigenvalue weighted by Crippen LogP contribution is 2.32. The number of nitrogens with zero attached hydrogens (tertiary/aromatic N) is 1. The maximum Gasteiger partial charge on any atom is 0.337 e. The number of ether oxygens (including phenoxy) is 1. The molecule has 0 radical (unpaired) electrons. The Hall–Kier alpha value is -2.53. The Labute approximate surface area is 183 Å². The molecule has 1 saturated heterocycles. The minimum absolute atomic E-state index is 0.0775. The van der Waals surface area contributed by atoms with Crippen LogP contribution in [0.2, 0.25) is 5.02 Å². The number of halogens is 1. The van der Waals surface area contributed by atoms with Crippen LogP contribution < -0.4 is 10.2 Å². The molecule has 2 aromatic carbocycles. The molecule has 2 aromatic rings. The van der Waals surface area contributed by atoms with Crippen LogP contribution in [-0.2, 0) is 16.0 Å². The fourth-order valence-corrected chi connectivity index (χ4v) is 4.18. The van der Waals surface area contributed by atoms with Crippen LogP contribution >= 0.6 is 11.6 Å². The summed E-state index contributed by atoms with van der Waals surface area (Å²) in [4.78, 5) is 26.6. The van der Waals surface area contributed by atoms with Crippen molar-refractivity contribution in [3.05, 3.63) is 64.2 Å². The lowest BCUT2D eigenvalue weighted by atomic mass is 9.97. The smallest absolute Gasteiger partial charge is 0.337 e. The lowest BCUT2D eigenvalue weighted by Gasteiger charge is -2.35. The van der Waals surface area contributed by atoms with Gasteiger partial charge in [0.2, 0.25) is 5.91 Å². The average molecular weight is 429 g/mol. The van der Waals surface area contributed by atoms with Crippen molar-refractivity contribution >= 4 is 29.2 Å². The maximum atomic E-state index is 12.6. The van der Waals surface area contributed by atoms with Gasteiger partial charge in [-0.2, -0.15) is 0 Å². The van der Waals surface area contributed by atoms with Gasteiger partial charge in [0, 0.05) is 23.8 Å². The van der Waals surface area contributed by atoms with E-state index in [9.17, 15) is 9.59 Å². The number of carbonyl (C=O) groups is 2. The van der Waals surface area contributed by atoms with E-state index in [1.807, 2.05) is 19.1 Å². The molecule has 1 fully saturated rings. The van der Waals surface area contributed by atoms with E-state index < -0.39 is 0 Å². The zero-order valence-electron chi connectivity index (χ0n) is 17.8. The van der Waals surface area contributed by atoms with Gasteiger partial charge in [0.05, 0.1) is 25.1 Å². The Bertz CT molecular complexity index is 898. The van der Waals surface area contributed by atoms with E-state index in [4.69, 9.17) is 16.3 Å². The summed E-state index contributed by atoms with van der Waals surface area (Å²) in [5.74, 6) is 0.187. The molecule has 0 aliphatic carbocycles. The predicted octanol–water partition coefficient (Wildman–Crippen LogP) is 4.78. The molecule has 1 aliphatic rings. The molecule has 0 spiro atoms. The number of anilines is 1. The molecule has 0 bridgehead atoms. The van der Waals surface area contributed by atoms with Crippen molar-refractivity contribution < 1.29 is 14.3 Å². The Morgan fingerprint density at radius 3 is 2.63 bits per heavy atom. The molecule has 160 valence electrons. The Morgan fingerprint density at radius 2 is 1.97 bits per heavy atom. The third-order valence-corrected chi connectivity index (χ3v) is 5.81. The van der Waals surface area contributed by atoms with Gasteiger partial charge in [-0.15, -0.1) is 0 Å². The standard InChI is InChI=1S/C24H29ClN2O3/c1-16-5-4-12-27(15-16)22-11-10-20(25)14-21(22)17(2)26-23(28)13-18-6-8-19(9-7-18)24(29)30-3/h6-11,14,16-17H,4-5,12-13,15H2,1-3H3,(H,26,28). The highest BCUT2D eigenvalue weighted by molar-refractivity contribution is 6.30. The van der Waals surface area contributed by atoms with Crippen molar-refractivity contribution in [2.45, 2.75) is 39.2 Å². The fourth-order valence-electron chi connectivity index (χ4n) is 4.00. The highest BCUT2D eigenvalue weighted by Gasteiger charge is 2.22. The summed E-state index contributed by atoms with van der Waals surface area (Å²) in [6, 6.07) is 12.6. The topological polar surface area (TPSA) is 58.6 Å². The SMILES string of the molecule is COC(=O)c1ccc(CC(=O)NC(C)c2cc(Cl)ccc2N2CCCC(C)C2)cc1. The van der Waals surface area contributed by atoms with Crippen LogP contribution in [0.1, 0.15) is 54.2 Å². The van der Waals surface area contributed by atoms with Gasteiger partial charge in [-0.05, 0) is 67.1 Å². The number of methoxy groups -OCH3 is 1. The van der Waals surface area contributed by atoms with Gasteiger partial charge in [0.15, 0.2) is 0 Å². The first-order valence-corrected chi connectivity index (χ1v) is 10.8. The van der Waals surface area contributed by atoms with Crippen LogP contribution in [0, 0.1) is 5.92 Å². The molecule has 1 amide bonds. The summed E-state index contributed by atoms with van der Waals surface area (Å²) in [5, 5.41) is 3.76. The predicted molar refractivity (Wildman–Crippen MR) is 120 cm³/mol. The second kappa shape index (κ2) is 9.98. The molecule has 1 N–H and O–H groups in total. The van der Waals surface area contributed by atoms with Crippen LogP contribution in [0.25, 0.3) is 0 Å². The van der Waals surface area contributed by atoms with Gasteiger partial charge in [-0.3, -0.25) is 4.79 Å². The molecule has 2 unspecified atom stereocenters. The number of benzene rings is 2. The fraction of sp³-hybridized carbons (Fsp3) is 0.417. The van der Waals surface area contributed by atoms with Gasteiger partial charge in [-0.25, -0.2) is 4.79 Å². The Morgan fingerprint density at radius 1 is 1.23 bits per heavy atom. The number of carbonyl (C=O) groups excluding carboxylic acids is 2. The maximum absolute atomic E-state index is 12.6. The van der Waals surface area contributed by atoms with Crippen LogP contribution in [0.5, 0.6) is 0 Å². The van der Waals surface area contributed by atoms with Crippen molar-refractivity contribution in [3.63, 3.8) is 0 Å². The number of esters is 1. The van der Waals surface area contributed by atoms with E-state index in [0.29, 0.717) is 16.5 Å². The largest absolute Gasteiger partial charge is 0.465 e. The van der Waals surface area contributed by atoms with E-state index in [2.05, 4.69) is 23.2 Å². The number of hydrogen-bond acceptors (Lipinski definition) is 4. The third kappa shape index (κ3) is 5.54. The quantitative estimate of drug-likeness (QED) is 0.672. The highest BCUT2D eigenvalue weighted by atomic mass is 35.5. The molecule has 3 rings (SSSR count). The van der Waals surface area contributed by atoms with Crippen LogP contribution in [0.15, 0.2) is 42.5 Å². The van der Waals surface area contributed by atoms with Crippen molar-refractivity contribution in [1.82, 2.24) is 5.32 Å². The lowest BCUT2D eigenvalue weighted by molar-refractivity contribution is -0.121. The molecule has 0 saturated carbocycles. The zero-order valence-corrected chi connectivity index (χ0v) is 18.5. The number of amides is 1. The number of piperidine rings is 1. The average Bonchev–Trinajstić information content (AvgIpc) is 2.73. The molecule has 5 nitrogen and oxygen atoms in total. The molecule has 1 heterocycles. The van der Waals surface area contributed by atoms with E-state index in [0.717, 1.165) is 29.9 Å². The Kier molecular flexibility index (Phi) is 7.38. The number of hydrogen-bond donors (Lipinski definition) is 1. The summed E-state index contributed by atoms with van der Waals surface area (Å²) in [6.07, 6.45) is 2.66. The summed E-state index contributed by atoms with van der Waals surface area (Å²) >= 11 is 6.28. The number of nitrogens with one attached hydrogen (secondary N) is 1. The summed E-state index contributed by atoms with van der Waals surface area (Å²) in [6.45, 7) is 6.30. The molecule has 0 aromatic heterocycles. The summed E-state index contributed by atoms with van der Waals surface area (Å²) in [5.41, 5.74) is 3.48. The van der Waals surface area contributed by atoms with Gasteiger partial charge in [0.1, 0.15) is 0 Å². The van der Waals surface area contributed by atoms with E-state index in [-0.39, 0.29) is 24.3 Å². The molecular formula is C24H29ClN2O3.